The topological polar surface area (TPSA) is 9.23 Å². The van der Waals surface area contributed by atoms with Crippen LogP contribution in [-0.4, -0.2) is 12.7 Å². The Kier molecular flexibility index (Phi) is 2.69. The summed E-state index contributed by atoms with van der Waals surface area (Å²) in [5, 5.41) is 0. The van der Waals surface area contributed by atoms with E-state index >= 15 is 0 Å². The molecule has 1 rings (SSSR count). The predicted molar refractivity (Wildman–Crippen MR) is 42.9 cm³/mol. The average molecular weight is 138 g/mol. The summed E-state index contributed by atoms with van der Waals surface area (Å²) < 4.78 is 5.43. The molecule has 1 atom stereocenters. The molecule has 0 aliphatic heterocycles. The third-order valence-electron chi connectivity index (χ3n) is 1.61. The van der Waals surface area contributed by atoms with Crippen LogP contribution < -0.4 is 0 Å². The molecular formula is C9H14O. The molecule has 0 radical (unpaired) electrons. The lowest BCUT2D eigenvalue weighted by molar-refractivity contribution is 0.0958. The van der Waals surface area contributed by atoms with Gasteiger partial charge in [-0.1, -0.05) is 23.8 Å². The van der Waals surface area contributed by atoms with E-state index in [2.05, 4.69) is 25.2 Å². The largest absolute Gasteiger partial charge is 0.374 e. The quantitative estimate of drug-likeness (QED) is 0.569. The molecule has 1 heteroatoms. The van der Waals surface area contributed by atoms with Crippen LogP contribution in [0.1, 0.15) is 20.3 Å². The van der Waals surface area contributed by atoms with Crippen LogP contribution in [0.3, 0.4) is 0 Å². The van der Waals surface area contributed by atoms with Gasteiger partial charge in [-0.3, -0.25) is 0 Å². The zero-order valence-corrected chi connectivity index (χ0v) is 6.63. The van der Waals surface area contributed by atoms with Gasteiger partial charge in [-0.15, -0.1) is 0 Å². The fraction of sp³-hybridized carbons (Fsp3) is 0.556. The minimum absolute atomic E-state index is 0.329. The van der Waals surface area contributed by atoms with Crippen LogP contribution >= 0.6 is 0 Å². The number of hydrogen-bond donors (Lipinski definition) is 0. The fourth-order valence-electron chi connectivity index (χ4n) is 1.13. The molecule has 0 saturated heterocycles. The molecule has 0 aromatic carbocycles. The Morgan fingerprint density at radius 1 is 1.70 bits per heavy atom. The lowest BCUT2D eigenvalue weighted by Gasteiger charge is -2.15. The van der Waals surface area contributed by atoms with Crippen molar-refractivity contribution in [1.82, 2.24) is 0 Å². The van der Waals surface area contributed by atoms with E-state index in [4.69, 9.17) is 4.74 Å². The van der Waals surface area contributed by atoms with Gasteiger partial charge in [0.1, 0.15) is 0 Å². The molecule has 10 heavy (non-hydrogen) atoms. The van der Waals surface area contributed by atoms with Crippen LogP contribution in [0.4, 0.5) is 0 Å². The van der Waals surface area contributed by atoms with Gasteiger partial charge in [-0.05, 0) is 20.3 Å². The van der Waals surface area contributed by atoms with Crippen molar-refractivity contribution in [2.45, 2.75) is 26.4 Å². The molecule has 0 heterocycles. The highest BCUT2D eigenvalue weighted by Gasteiger charge is 2.06. The summed E-state index contributed by atoms with van der Waals surface area (Å²) in [4.78, 5) is 0. The molecule has 1 aliphatic carbocycles. The van der Waals surface area contributed by atoms with E-state index in [0.717, 1.165) is 13.0 Å². The Labute approximate surface area is 62.4 Å². The van der Waals surface area contributed by atoms with Gasteiger partial charge in [0, 0.05) is 6.61 Å². The number of ether oxygens (including phenoxy) is 1. The third-order valence-corrected chi connectivity index (χ3v) is 1.61. The third kappa shape index (κ3) is 1.99. The highest BCUT2D eigenvalue weighted by Crippen LogP contribution is 2.13. The second-order valence-corrected chi connectivity index (χ2v) is 2.60. The highest BCUT2D eigenvalue weighted by atomic mass is 16.5. The fourth-order valence-corrected chi connectivity index (χ4v) is 1.13. The van der Waals surface area contributed by atoms with Gasteiger partial charge < -0.3 is 4.74 Å². The monoisotopic (exact) mass is 138 g/mol. The molecule has 1 aliphatic rings. The second-order valence-electron chi connectivity index (χ2n) is 2.60. The Bertz CT molecular complexity index is 156. The number of hydrogen-bond acceptors (Lipinski definition) is 1. The van der Waals surface area contributed by atoms with Crippen LogP contribution in [0.2, 0.25) is 0 Å². The van der Waals surface area contributed by atoms with E-state index in [0.29, 0.717) is 6.10 Å². The minimum Gasteiger partial charge on any atom is -0.374 e. The Morgan fingerprint density at radius 3 is 3.10 bits per heavy atom. The lowest BCUT2D eigenvalue weighted by atomic mass is 10.0. The molecule has 0 aromatic heterocycles. The van der Waals surface area contributed by atoms with Crippen molar-refractivity contribution in [3.05, 3.63) is 23.8 Å². The summed E-state index contributed by atoms with van der Waals surface area (Å²) in [6.07, 6.45) is 7.70. The molecule has 0 amide bonds. The van der Waals surface area contributed by atoms with E-state index in [9.17, 15) is 0 Å². The average Bonchev–Trinajstić information content (AvgIpc) is 1.88. The first-order valence-corrected chi connectivity index (χ1v) is 3.78. The highest BCUT2D eigenvalue weighted by molar-refractivity contribution is 5.18. The molecular weight excluding hydrogens is 124 g/mol. The van der Waals surface area contributed by atoms with Gasteiger partial charge in [-0.25, -0.2) is 0 Å². The maximum Gasteiger partial charge on any atom is 0.0795 e. The summed E-state index contributed by atoms with van der Waals surface area (Å²) in [6, 6.07) is 0. The summed E-state index contributed by atoms with van der Waals surface area (Å²) >= 11 is 0. The van der Waals surface area contributed by atoms with Gasteiger partial charge in [0.05, 0.1) is 6.10 Å². The van der Waals surface area contributed by atoms with Crippen molar-refractivity contribution in [2.24, 2.45) is 0 Å². The molecule has 1 unspecified atom stereocenters. The van der Waals surface area contributed by atoms with Crippen LogP contribution in [-0.2, 0) is 4.74 Å². The van der Waals surface area contributed by atoms with Gasteiger partial charge in [0.15, 0.2) is 0 Å². The van der Waals surface area contributed by atoms with Crippen molar-refractivity contribution in [3.63, 3.8) is 0 Å². The van der Waals surface area contributed by atoms with E-state index in [1.807, 2.05) is 6.92 Å². The zero-order chi connectivity index (χ0) is 7.40. The van der Waals surface area contributed by atoms with Crippen molar-refractivity contribution < 1.29 is 4.74 Å². The summed E-state index contributed by atoms with van der Waals surface area (Å²) in [5.41, 5.74) is 1.40. The van der Waals surface area contributed by atoms with E-state index < -0.39 is 0 Å². The van der Waals surface area contributed by atoms with Crippen molar-refractivity contribution >= 4 is 0 Å². The second kappa shape index (κ2) is 3.57. The van der Waals surface area contributed by atoms with Crippen LogP contribution in [0.25, 0.3) is 0 Å². The Balaban J connectivity index is 2.39. The number of rotatable bonds is 2. The molecule has 0 aromatic rings. The standard InChI is InChI=1S/C9H14O/c1-3-10-9-6-4-5-8(2)7-9/h4-6,9H,3,7H2,1-2H3. The molecule has 0 bridgehead atoms. The Morgan fingerprint density at radius 2 is 2.50 bits per heavy atom. The smallest absolute Gasteiger partial charge is 0.0795 e. The lowest BCUT2D eigenvalue weighted by Crippen LogP contribution is -2.11. The van der Waals surface area contributed by atoms with Crippen molar-refractivity contribution in [1.29, 1.82) is 0 Å². The number of allylic oxidation sites excluding steroid dienone is 2. The van der Waals surface area contributed by atoms with Gasteiger partial charge in [-0.2, -0.15) is 0 Å². The van der Waals surface area contributed by atoms with Gasteiger partial charge >= 0.3 is 0 Å². The maximum absolute atomic E-state index is 5.43. The summed E-state index contributed by atoms with van der Waals surface area (Å²) in [6.45, 7) is 4.97. The van der Waals surface area contributed by atoms with Crippen LogP contribution in [0.5, 0.6) is 0 Å². The molecule has 0 spiro atoms. The molecule has 0 N–H and O–H groups in total. The van der Waals surface area contributed by atoms with E-state index in [-0.39, 0.29) is 0 Å². The first-order valence-electron chi connectivity index (χ1n) is 3.78. The maximum atomic E-state index is 5.43. The summed E-state index contributed by atoms with van der Waals surface area (Å²) in [7, 11) is 0. The first-order chi connectivity index (χ1) is 4.83. The normalized spacial score (nSPS) is 24.6. The van der Waals surface area contributed by atoms with Gasteiger partial charge in [0.2, 0.25) is 0 Å². The predicted octanol–water partition coefficient (Wildman–Crippen LogP) is 2.30. The van der Waals surface area contributed by atoms with E-state index in [1.165, 1.54) is 5.57 Å². The Hall–Kier alpha value is -0.560. The van der Waals surface area contributed by atoms with Crippen LogP contribution in [0.15, 0.2) is 23.8 Å². The van der Waals surface area contributed by atoms with Gasteiger partial charge in [0.25, 0.3) is 0 Å². The van der Waals surface area contributed by atoms with E-state index in [1.54, 1.807) is 0 Å². The summed E-state index contributed by atoms with van der Waals surface area (Å²) in [5.74, 6) is 0. The molecule has 0 fully saturated rings. The zero-order valence-electron chi connectivity index (χ0n) is 6.63. The first kappa shape index (κ1) is 7.55. The van der Waals surface area contributed by atoms with Crippen molar-refractivity contribution in [3.8, 4) is 0 Å². The minimum atomic E-state index is 0.329. The van der Waals surface area contributed by atoms with Crippen molar-refractivity contribution in [2.75, 3.05) is 6.61 Å². The SMILES string of the molecule is CCOC1C=CC=C(C)C1. The molecule has 0 saturated carbocycles. The molecule has 1 nitrogen and oxygen atoms in total. The van der Waals surface area contributed by atoms with Crippen LogP contribution in [0, 0.1) is 0 Å². The molecule has 56 valence electrons.